The number of fused-ring (bicyclic) bond motifs is 2. The number of nitrogens with one attached hydrogen (secondary N) is 7. The molecule has 1 aromatic carbocycles. The molecule has 62 heavy (non-hydrogen) atoms. The SMILES string of the molecule is CC(C)[C@@H]1NC(=O)[C@H](C[C@@](C)(O)CO)NC(=O)[C@H](Cc2c(S(C)(=O)=O)[nH]c3ccccc23)NC(=O)[C@H](C)NC(=O)[C@@H]2[C@@H](O)[C@H](O)CN2C(=O)[C@@H](CO)NC(=O)[C@@H]([C@H](C)O)NC1=O. The van der Waals surface area contributed by atoms with Crippen LogP contribution in [0.2, 0.25) is 0 Å². The summed E-state index contributed by atoms with van der Waals surface area (Å²) in [5, 5.41) is 77.0. The number of aromatic nitrogens is 1. The molecule has 3 heterocycles. The van der Waals surface area contributed by atoms with Crippen LogP contribution < -0.4 is 31.9 Å². The summed E-state index contributed by atoms with van der Waals surface area (Å²) in [4.78, 5) is 100. The summed E-state index contributed by atoms with van der Waals surface area (Å²) in [5.41, 5.74) is -1.66. The first-order valence-corrected chi connectivity index (χ1v) is 21.6. The van der Waals surface area contributed by atoms with Crippen molar-refractivity contribution in [3.63, 3.8) is 0 Å². The normalized spacial score (nSPS) is 29.3. The van der Waals surface area contributed by atoms with E-state index in [0.717, 1.165) is 27.0 Å². The minimum atomic E-state index is -4.03. The Morgan fingerprint density at radius 1 is 0.790 bits per heavy atom. The number of amides is 7. The smallest absolute Gasteiger partial charge is 0.248 e. The number of benzene rings is 1. The number of hydrogen-bond acceptors (Lipinski definition) is 15. The number of aliphatic hydroxyl groups excluding tert-OH is 5. The third-order valence-electron chi connectivity index (χ3n) is 10.7. The quantitative estimate of drug-likeness (QED) is 0.112. The number of carbonyl (C=O) groups is 7. The summed E-state index contributed by atoms with van der Waals surface area (Å²) >= 11 is 0. The molecule has 7 amide bonds. The van der Waals surface area contributed by atoms with Gasteiger partial charge in [0.05, 0.1) is 37.6 Å². The van der Waals surface area contributed by atoms with Gasteiger partial charge in [0.2, 0.25) is 41.4 Å². The Morgan fingerprint density at radius 3 is 1.94 bits per heavy atom. The highest BCUT2D eigenvalue weighted by atomic mass is 32.2. The van der Waals surface area contributed by atoms with Crippen molar-refractivity contribution in [3.8, 4) is 0 Å². The molecule has 2 aliphatic heterocycles. The zero-order valence-corrected chi connectivity index (χ0v) is 35.7. The van der Waals surface area contributed by atoms with Gasteiger partial charge in [-0.05, 0) is 38.3 Å². The van der Waals surface area contributed by atoms with E-state index in [1.165, 1.54) is 13.8 Å². The van der Waals surface area contributed by atoms with Gasteiger partial charge < -0.3 is 72.4 Å². The van der Waals surface area contributed by atoms with Crippen LogP contribution in [0.1, 0.15) is 46.6 Å². The van der Waals surface area contributed by atoms with Crippen molar-refractivity contribution < 1.29 is 72.6 Å². The van der Waals surface area contributed by atoms with Crippen molar-refractivity contribution in [2.75, 3.05) is 26.0 Å². The summed E-state index contributed by atoms with van der Waals surface area (Å²) in [7, 11) is -4.03. The third-order valence-corrected chi connectivity index (χ3v) is 11.7. The van der Waals surface area contributed by atoms with Crippen molar-refractivity contribution in [1.29, 1.82) is 0 Å². The highest BCUT2D eigenvalue weighted by Gasteiger charge is 2.49. The van der Waals surface area contributed by atoms with Gasteiger partial charge in [-0.15, -0.1) is 0 Å². The molecule has 0 bridgehead atoms. The number of H-pyrrole nitrogens is 1. The Labute approximate surface area is 356 Å². The summed E-state index contributed by atoms with van der Waals surface area (Å²) in [6.45, 7) is 3.71. The first-order valence-electron chi connectivity index (χ1n) is 19.7. The van der Waals surface area contributed by atoms with Crippen LogP contribution in [-0.2, 0) is 49.8 Å². The van der Waals surface area contributed by atoms with Crippen LogP contribution in [0.5, 0.6) is 0 Å². The predicted octanol–water partition coefficient (Wildman–Crippen LogP) is -5.85. The first kappa shape index (κ1) is 49.4. The molecule has 0 saturated carbocycles. The number of hydrogen-bond donors (Lipinski definition) is 13. The maximum absolute atomic E-state index is 14.4. The largest absolute Gasteiger partial charge is 0.394 e. The summed E-state index contributed by atoms with van der Waals surface area (Å²) < 4.78 is 26.0. The first-order chi connectivity index (χ1) is 28.8. The average molecular weight is 897 g/mol. The summed E-state index contributed by atoms with van der Waals surface area (Å²) in [5.74, 6) is -8.75. The average Bonchev–Trinajstić information content (AvgIpc) is 3.72. The Morgan fingerprint density at radius 2 is 1.35 bits per heavy atom. The van der Waals surface area contributed by atoms with Crippen molar-refractivity contribution in [3.05, 3.63) is 29.8 Å². The molecule has 2 fully saturated rings. The molecule has 0 spiro atoms. The molecule has 2 aliphatic rings. The van der Waals surface area contributed by atoms with Crippen LogP contribution in [0.15, 0.2) is 29.3 Å². The second kappa shape index (κ2) is 19.9. The number of sulfone groups is 1. The van der Waals surface area contributed by atoms with Crippen molar-refractivity contribution in [2.24, 2.45) is 5.92 Å². The van der Waals surface area contributed by atoms with Gasteiger partial charge in [0.1, 0.15) is 53.4 Å². The summed E-state index contributed by atoms with van der Waals surface area (Å²) in [6.07, 6.45) is -5.68. The lowest BCUT2D eigenvalue weighted by Crippen LogP contribution is -2.63. The van der Waals surface area contributed by atoms with Crippen molar-refractivity contribution in [2.45, 2.75) is 119 Å². The van der Waals surface area contributed by atoms with Gasteiger partial charge in [-0.3, -0.25) is 33.6 Å². The van der Waals surface area contributed by atoms with Gasteiger partial charge >= 0.3 is 0 Å². The Hall–Kier alpha value is -5.24. The zero-order chi connectivity index (χ0) is 46.6. The van der Waals surface area contributed by atoms with E-state index in [-0.39, 0.29) is 10.6 Å². The Kier molecular flexibility index (Phi) is 15.8. The van der Waals surface area contributed by atoms with Crippen LogP contribution >= 0.6 is 0 Å². The van der Waals surface area contributed by atoms with E-state index in [4.69, 9.17) is 0 Å². The second-order valence-corrected chi connectivity index (χ2v) is 18.3. The van der Waals surface area contributed by atoms with E-state index in [0.29, 0.717) is 15.8 Å². The monoisotopic (exact) mass is 896 g/mol. The van der Waals surface area contributed by atoms with Crippen LogP contribution in [0.3, 0.4) is 0 Å². The molecule has 2 aromatic rings. The van der Waals surface area contributed by atoms with E-state index in [1.54, 1.807) is 24.3 Å². The topological polar surface area (TPSA) is 366 Å². The molecule has 24 heteroatoms. The molecule has 13 N–H and O–H groups in total. The molecule has 0 radical (unpaired) electrons. The molecular formula is C38H56N8O15S. The van der Waals surface area contributed by atoms with E-state index < -0.39 is 156 Å². The van der Waals surface area contributed by atoms with E-state index in [9.17, 15) is 72.6 Å². The molecular weight excluding hydrogens is 841 g/mol. The van der Waals surface area contributed by atoms with E-state index in [1.807, 2.05) is 0 Å². The lowest BCUT2D eigenvalue weighted by Gasteiger charge is -2.31. The van der Waals surface area contributed by atoms with Crippen LogP contribution in [0.4, 0.5) is 0 Å². The molecule has 1 aromatic heterocycles. The van der Waals surface area contributed by atoms with Crippen molar-refractivity contribution >= 4 is 62.1 Å². The minimum Gasteiger partial charge on any atom is -0.394 e. The zero-order valence-electron chi connectivity index (χ0n) is 34.9. The van der Waals surface area contributed by atoms with Crippen LogP contribution in [0, 0.1) is 5.92 Å². The lowest BCUT2D eigenvalue weighted by molar-refractivity contribution is -0.145. The number of carbonyl (C=O) groups excluding carboxylic acids is 7. The van der Waals surface area contributed by atoms with Gasteiger partial charge in [0, 0.05) is 30.0 Å². The second-order valence-electron chi connectivity index (χ2n) is 16.4. The number of para-hydroxylation sites is 1. The summed E-state index contributed by atoms with van der Waals surface area (Å²) in [6, 6.07) is -5.94. The Bertz CT molecular complexity index is 2140. The number of aromatic amines is 1. The van der Waals surface area contributed by atoms with Crippen LogP contribution in [-0.4, -0.2) is 183 Å². The molecule has 11 atom stereocenters. The van der Waals surface area contributed by atoms with Crippen molar-refractivity contribution in [1.82, 2.24) is 41.8 Å². The van der Waals surface area contributed by atoms with E-state index >= 15 is 0 Å². The molecule has 0 aliphatic carbocycles. The van der Waals surface area contributed by atoms with Crippen LogP contribution in [0.25, 0.3) is 10.9 Å². The maximum atomic E-state index is 14.4. The fourth-order valence-electron chi connectivity index (χ4n) is 7.18. The van der Waals surface area contributed by atoms with Gasteiger partial charge in [-0.2, -0.15) is 0 Å². The molecule has 2 saturated heterocycles. The Balaban J connectivity index is 1.87. The van der Waals surface area contributed by atoms with Gasteiger partial charge in [0.25, 0.3) is 0 Å². The van der Waals surface area contributed by atoms with E-state index in [2.05, 4.69) is 36.9 Å². The lowest BCUT2D eigenvalue weighted by atomic mass is 9.95. The predicted molar refractivity (Wildman–Crippen MR) is 216 cm³/mol. The highest BCUT2D eigenvalue weighted by Crippen LogP contribution is 2.28. The number of rotatable bonds is 9. The fraction of sp³-hybridized carbons (Fsp3) is 0.605. The highest BCUT2D eigenvalue weighted by molar-refractivity contribution is 7.90. The number of nitrogens with zero attached hydrogens (tertiary/aromatic N) is 1. The maximum Gasteiger partial charge on any atom is 0.248 e. The molecule has 344 valence electrons. The molecule has 23 nitrogen and oxygen atoms in total. The standard InChI is InChI=1S/C38H56N8O15S/c1-16(2)26-33(55)45-27(18(4)49)34(56)42-24(14-47)37(58)46-13-25(50)29(51)28(46)35(57)39-17(3)30(52)40-22(31(53)41-23(32(54)44-26)12-38(5,59)15-48)11-20-19-9-7-8-10-21(19)43-36(20)62(6,60)61/h7-10,16-18,22-29,43,47-51,59H,11-15H2,1-6H3,(H,39,57)(H,40,52)(H,41,53)(H,42,56)(H,44,54)(H,45,55)/t17-,18-,22-,23-,24+,25+,26-,27+,28-,29-,38+/m0/s1. The number of aliphatic hydroxyl groups is 6. The molecule has 0 unspecified atom stereocenters. The van der Waals surface area contributed by atoms with Gasteiger partial charge in [-0.1, -0.05) is 32.0 Å². The van der Waals surface area contributed by atoms with Gasteiger partial charge in [-0.25, -0.2) is 8.42 Å². The molecule has 4 rings (SSSR count). The van der Waals surface area contributed by atoms with Gasteiger partial charge in [0.15, 0.2) is 9.84 Å². The third kappa shape index (κ3) is 11.4. The fourth-order valence-corrected chi connectivity index (χ4v) is 8.12. The minimum absolute atomic E-state index is 0.0390.